The number of urea groups is 1. The highest BCUT2D eigenvalue weighted by Gasteiger charge is 2.23. The van der Waals surface area contributed by atoms with Crippen molar-refractivity contribution in [2.24, 2.45) is 0 Å². The first kappa shape index (κ1) is 16.6. The second kappa shape index (κ2) is 7.12. The quantitative estimate of drug-likeness (QED) is 0.924. The number of pyridine rings is 1. The summed E-state index contributed by atoms with van der Waals surface area (Å²) < 4.78 is 4.33. The standard InChI is InChI=1S/C16H22N6OS/c1-4-14-19-16(24-20-14)22-9-7-21(8-10-22)15(23)18-13-6-5-11(2)17-12(13)3/h5-6H,4,7-10H2,1-3H3,(H,18,23). The van der Waals surface area contributed by atoms with Crippen molar-refractivity contribution >= 4 is 28.4 Å². The normalized spacial score (nSPS) is 14.8. The Morgan fingerprint density at radius 2 is 1.96 bits per heavy atom. The monoisotopic (exact) mass is 346 g/mol. The van der Waals surface area contributed by atoms with Crippen LogP contribution < -0.4 is 10.2 Å². The van der Waals surface area contributed by atoms with Gasteiger partial charge in [-0.2, -0.15) is 4.37 Å². The fraction of sp³-hybridized carbons (Fsp3) is 0.500. The van der Waals surface area contributed by atoms with Crippen molar-refractivity contribution in [3.63, 3.8) is 0 Å². The number of carbonyl (C=O) groups excluding carboxylic acids is 1. The Balaban J connectivity index is 1.56. The minimum atomic E-state index is -0.0742. The highest BCUT2D eigenvalue weighted by Crippen LogP contribution is 2.20. The summed E-state index contributed by atoms with van der Waals surface area (Å²) >= 11 is 1.43. The largest absolute Gasteiger partial charge is 0.343 e. The Hall–Kier alpha value is -2.22. The first-order chi connectivity index (χ1) is 11.6. The van der Waals surface area contributed by atoms with Crippen molar-refractivity contribution in [3.8, 4) is 0 Å². The number of carbonyl (C=O) groups is 1. The van der Waals surface area contributed by atoms with E-state index in [-0.39, 0.29) is 6.03 Å². The SMILES string of the molecule is CCc1nsc(N2CCN(C(=O)Nc3ccc(C)nc3C)CC2)n1. The smallest absolute Gasteiger partial charge is 0.322 e. The van der Waals surface area contributed by atoms with Crippen molar-refractivity contribution in [2.75, 3.05) is 36.4 Å². The van der Waals surface area contributed by atoms with Gasteiger partial charge in [0.15, 0.2) is 0 Å². The second-order valence-electron chi connectivity index (χ2n) is 5.84. The van der Waals surface area contributed by atoms with Crippen LogP contribution in [0.5, 0.6) is 0 Å². The van der Waals surface area contributed by atoms with E-state index in [9.17, 15) is 4.79 Å². The zero-order chi connectivity index (χ0) is 17.1. The maximum atomic E-state index is 12.4. The lowest BCUT2D eigenvalue weighted by Crippen LogP contribution is -2.50. The van der Waals surface area contributed by atoms with E-state index in [1.54, 1.807) is 0 Å². The number of aryl methyl sites for hydroxylation is 3. The molecule has 0 unspecified atom stereocenters. The molecule has 3 heterocycles. The Labute approximate surface area is 145 Å². The van der Waals surface area contributed by atoms with Crippen molar-refractivity contribution in [2.45, 2.75) is 27.2 Å². The number of rotatable bonds is 3. The molecule has 2 amide bonds. The van der Waals surface area contributed by atoms with Crippen molar-refractivity contribution in [1.82, 2.24) is 19.2 Å². The van der Waals surface area contributed by atoms with Gasteiger partial charge < -0.3 is 15.1 Å². The molecule has 1 fully saturated rings. The minimum Gasteiger partial charge on any atom is -0.343 e. The first-order valence-electron chi connectivity index (χ1n) is 8.14. The fourth-order valence-corrected chi connectivity index (χ4v) is 3.43. The van der Waals surface area contributed by atoms with Gasteiger partial charge in [-0.15, -0.1) is 0 Å². The molecule has 2 aromatic rings. The highest BCUT2D eigenvalue weighted by molar-refractivity contribution is 7.09. The van der Waals surface area contributed by atoms with Crippen LogP contribution in [0.15, 0.2) is 12.1 Å². The number of piperazine rings is 1. The number of amides is 2. The van der Waals surface area contributed by atoms with Crippen molar-refractivity contribution < 1.29 is 4.79 Å². The molecule has 1 aliphatic rings. The molecule has 1 N–H and O–H groups in total. The molecule has 2 aromatic heterocycles. The summed E-state index contributed by atoms with van der Waals surface area (Å²) in [7, 11) is 0. The lowest BCUT2D eigenvalue weighted by Gasteiger charge is -2.34. The summed E-state index contributed by atoms with van der Waals surface area (Å²) in [5, 5.41) is 3.91. The number of hydrogen-bond acceptors (Lipinski definition) is 6. The molecule has 3 rings (SSSR count). The molecular weight excluding hydrogens is 324 g/mol. The van der Waals surface area contributed by atoms with E-state index in [1.807, 2.05) is 30.9 Å². The summed E-state index contributed by atoms with van der Waals surface area (Å²) in [6.07, 6.45) is 0.850. The topological polar surface area (TPSA) is 74.2 Å². The summed E-state index contributed by atoms with van der Waals surface area (Å²) in [6, 6.07) is 3.73. The van der Waals surface area contributed by atoms with Gasteiger partial charge in [-0.3, -0.25) is 4.98 Å². The van der Waals surface area contributed by atoms with Crippen LogP contribution in [0.2, 0.25) is 0 Å². The molecule has 0 aliphatic carbocycles. The number of anilines is 2. The third-order valence-electron chi connectivity index (χ3n) is 4.08. The molecule has 0 atom stereocenters. The van der Waals surface area contributed by atoms with Crippen molar-refractivity contribution in [3.05, 3.63) is 29.3 Å². The van der Waals surface area contributed by atoms with Crippen LogP contribution >= 0.6 is 11.5 Å². The van der Waals surface area contributed by atoms with Crippen LogP contribution in [0.4, 0.5) is 15.6 Å². The average Bonchev–Trinajstić information content (AvgIpc) is 3.06. The lowest BCUT2D eigenvalue weighted by molar-refractivity contribution is 0.208. The van der Waals surface area contributed by atoms with E-state index in [0.717, 1.165) is 47.5 Å². The lowest BCUT2D eigenvalue weighted by atomic mass is 10.2. The molecule has 1 aliphatic heterocycles. The average molecular weight is 346 g/mol. The Bertz CT molecular complexity index is 723. The third kappa shape index (κ3) is 3.64. The van der Waals surface area contributed by atoms with Crippen LogP contribution in [0, 0.1) is 13.8 Å². The Morgan fingerprint density at radius 3 is 2.58 bits per heavy atom. The van der Waals surface area contributed by atoms with Gasteiger partial charge in [-0.25, -0.2) is 9.78 Å². The predicted molar refractivity (Wildman–Crippen MR) is 95.8 cm³/mol. The molecule has 0 radical (unpaired) electrons. The number of nitrogens with one attached hydrogen (secondary N) is 1. The van der Waals surface area contributed by atoms with Crippen LogP contribution in [0.3, 0.4) is 0 Å². The van der Waals surface area contributed by atoms with Crippen LogP contribution in [-0.4, -0.2) is 51.5 Å². The first-order valence-corrected chi connectivity index (χ1v) is 8.92. The molecule has 0 spiro atoms. The number of nitrogens with zero attached hydrogens (tertiary/aromatic N) is 5. The molecule has 8 heteroatoms. The maximum Gasteiger partial charge on any atom is 0.322 e. The summed E-state index contributed by atoms with van der Waals surface area (Å²) in [4.78, 5) is 25.4. The van der Waals surface area contributed by atoms with E-state index in [1.165, 1.54) is 11.5 Å². The van der Waals surface area contributed by atoms with Gasteiger partial charge in [-0.1, -0.05) is 6.92 Å². The van der Waals surface area contributed by atoms with Crippen LogP contribution in [-0.2, 0) is 6.42 Å². The van der Waals surface area contributed by atoms with Crippen molar-refractivity contribution in [1.29, 1.82) is 0 Å². The van der Waals surface area contributed by atoms with E-state index < -0.39 is 0 Å². The number of hydrogen-bond donors (Lipinski definition) is 1. The zero-order valence-electron chi connectivity index (χ0n) is 14.2. The maximum absolute atomic E-state index is 12.4. The van der Waals surface area contributed by atoms with Gasteiger partial charge in [0, 0.05) is 49.8 Å². The molecular formula is C16H22N6OS. The van der Waals surface area contributed by atoms with Crippen LogP contribution in [0.25, 0.3) is 0 Å². The highest BCUT2D eigenvalue weighted by atomic mass is 32.1. The minimum absolute atomic E-state index is 0.0742. The van der Waals surface area contributed by atoms with E-state index >= 15 is 0 Å². The molecule has 0 saturated carbocycles. The predicted octanol–water partition coefficient (Wildman–Crippen LogP) is 2.47. The zero-order valence-corrected chi connectivity index (χ0v) is 15.1. The fourth-order valence-electron chi connectivity index (χ4n) is 2.63. The Kier molecular flexibility index (Phi) is 4.94. The van der Waals surface area contributed by atoms with Crippen LogP contribution in [0.1, 0.15) is 24.1 Å². The van der Waals surface area contributed by atoms with E-state index in [2.05, 4.69) is 31.5 Å². The third-order valence-corrected chi connectivity index (χ3v) is 4.89. The van der Waals surface area contributed by atoms with Gasteiger partial charge in [0.25, 0.3) is 0 Å². The summed E-state index contributed by atoms with van der Waals surface area (Å²) in [6.45, 7) is 8.79. The molecule has 0 aromatic carbocycles. The second-order valence-corrected chi connectivity index (χ2v) is 6.57. The van der Waals surface area contributed by atoms with Gasteiger partial charge in [0.2, 0.25) is 5.13 Å². The molecule has 0 bridgehead atoms. The summed E-state index contributed by atoms with van der Waals surface area (Å²) in [5.41, 5.74) is 2.55. The van der Waals surface area contributed by atoms with Gasteiger partial charge >= 0.3 is 6.03 Å². The summed E-state index contributed by atoms with van der Waals surface area (Å²) in [5.74, 6) is 0.887. The van der Waals surface area contributed by atoms with Gasteiger partial charge in [0.1, 0.15) is 5.82 Å². The molecule has 128 valence electrons. The van der Waals surface area contributed by atoms with E-state index in [0.29, 0.717) is 13.1 Å². The molecule has 24 heavy (non-hydrogen) atoms. The number of aromatic nitrogens is 3. The molecule has 1 saturated heterocycles. The van der Waals surface area contributed by atoms with E-state index in [4.69, 9.17) is 0 Å². The van der Waals surface area contributed by atoms with Gasteiger partial charge in [-0.05, 0) is 26.0 Å². The molecule has 7 nitrogen and oxygen atoms in total. The Morgan fingerprint density at radius 1 is 1.21 bits per heavy atom. The van der Waals surface area contributed by atoms with Gasteiger partial charge in [0.05, 0.1) is 11.4 Å².